The lowest BCUT2D eigenvalue weighted by Gasteiger charge is -2.34. The molecule has 1 aliphatic rings. The highest BCUT2D eigenvalue weighted by Crippen LogP contribution is 2.36. The number of nitrogens with zero attached hydrogens (tertiary/aromatic N) is 3. The van der Waals surface area contributed by atoms with Crippen LogP contribution < -0.4 is 14.4 Å². The lowest BCUT2D eigenvalue weighted by atomic mass is 10.0. The van der Waals surface area contributed by atoms with Gasteiger partial charge in [0.15, 0.2) is 0 Å². The average molecular weight is 798 g/mol. The fourth-order valence-corrected chi connectivity index (χ4v) is 8.25. The third kappa shape index (κ3) is 9.26. The number of benzene rings is 4. The highest BCUT2D eigenvalue weighted by molar-refractivity contribution is 9.10. The van der Waals surface area contributed by atoms with Crippen LogP contribution in [0.2, 0.25) is 5.02 Å². The number of anilines is 1. The molecule has 0 aliphatic heterocycles. The van der Waals surface area contributed by atoms with Gasteiger partial charge in [0, 0.05) is 40.1 Å². The number of aryl methyl sites for hydroxylation is 1. The predicted octanol–water partition coefficient (Wildman–Crippen LogP) is 7.22. The molecule has 268 valence electrons. The number of hydrogen-bond acceptors (Lipinski definition) is 7. The van der Waals surface area contributed by atoms with Crippen LogP contribution in [0.3, 0.4) is 0 Å². The van der Waals surface area contributed by atoms with E-state index in [1.807, 2.05) is 54.6 Å². The van der Waals surface area contributed by atoms with Gasteiger partial charge < -0.3 is 15.0 Å². The number of ether oxygens (including phenoxy) is 1. The Morgan fingerprint density at radius 1 is 1.00 bits per heavy atom. The van der Waals surface area contributed by atoms with Gasteiger partial charge in [-0.3, -0.25) is 24.0 Å². The van der Waals surface area contributed by atoms with Crippen molar-refractivity contribution in [3.63, 3.8) is 0 Å². The van der Waals surface area contributed by atoms with Gasteiger partial charge in [0.05, 0.1) is 22.6 Å². The molecule has 1 saturated carbocycles. The Hall–Kier alpha value is -4.46. The van der Waals surface area contributed by atoms with Gasteiger partial charge in [-0.15, -0.1) is 0 Å². The van der Waals surface area contributed by atoms with E-state index >= 15 is 0 Å². The second kappa shape index (κ2) is 16.7. The summed E-state index contributed by atoms with van der Waals surface area (Å²) in [6.07, 6.45) is 3.79. The number of sulfonamides is 1. The van der Waals surface area contributed by atoms with Gasteiger partial charge in [0.1, 0.15) is 18.3 Å². The molecule has 11 nitrogen and oxygen atoms in total. The van der Waals surface area contributed by atoms with E-state index in [2.05, 4.69) is 21.2 Å². The SMILES string of the molecule is COc1ccc(Cl)cc1N(CC(=O)N(Cc1cccc(Br)c1)[C@H](Cc1ccccc1)C(=O)NC1CCCC1)S(=O)(=O)c1ccc(C)c([N+](=O)[O-])c1. The monoisotopic (exact) mass is 796 g/mol. The van der Waals surface area contributed by atoms with E-state index in [-0.39, 0.29) is 46.9 Å². The number of nitro benzene ring substituents is 1. The second-order valence-electron chi connectivity index (χ2n) is 12.4. The molecule has 1 fully saturated rings. The number of carbonyl (C=O) groups is 2. The van der Waals surface area contributed by atoms with E-state index in [0.29, 0.717) is 5.56 Å². The molecule has 0 bridgehead atoms. The van der Waals surface area contributed by atoms with E-state index in [9.17, 15) is 28.1 Å². The number of hydrogen-bond donors (Lipinski definition) is 1. The van der Waals surface area contributed by atoms with Crippen LogP contribution in [0.15, 0.2) is 100 Å². The van der Waals surface area contributed by atoms with Crippen LogP contribution in [-0.4, -0.2) is 55.8 Å². The Morgan fingerprint density at radius 2 is 1.71 bits per heavy atom. The summed E-state index contributed by atoms with van der Waals surface area (Å²) in [6, 6.07) is 23.4. The fourth-order valence-electron chi connectivity index (χ4n) is 6.20. The van der Waals surface area contributed by atoms with Gasteiger partial charge in [-0.1, -0.05) is 88.9 Å². The lowest BCUT2D eigenvalue weighted by molar-refractivity contribution is -0.385. The van der Waals surface area contributed by atoms with Crippen LogP contribution in [0.4, 0.5) is 11.4 Å². The van der Waals surface area contributed by atoms with Crippen molar-refractivity contribution in [1.29, 1.82) is 0 Å². The molecule has 4 aromatic rings. The van der Waals surface area contributed by atoms with Crippen molar-refractivity contribution < 1.29 is 27.7 Å². The molecule has 0 spiro atoms. The summed E-state index contributed by atoms with van der Waals surface area (Å²) in [5.74, 6) is -0.946. The highest BCUT2D eigenvalue weighted by atomic mass is 79.9. The van der Waals surface area contributed by atoms with Crippen molar-refractivity contribution in [1.82, 2.24) is 10.2 Å². The van der Waals surface area contributed by atoms with Crippen molar-refractivity contribution in [2.75, 3.05) is 18.0 Å². The smallest absolute Gasteiger partial charge is 0.273 e. The molecule has 1 N–H and O–H groups in total. The molecular formula is C37H38BrClN4O7S. The quantitative estimate of drug-likeness (QED) is 0.105. The van der Waals surface area contributed by atoms with E-state index in [1.165, 1.54) is 49.3 Å². The Kier molecular flexibility index (Phi) is 12.4. The van der Waals surface area contributed by atoms with Crippen molar-refractivity contribution in [2.24, 2.45) is 0 Å². The standard InChI is InChI=1S/C37H38BrClN4O7S/c1-25-15-17-31(22-32(25)43(46)47)51(48,49)42(33-21-29(39)16-18-35(33)50-2)24-36(44)41(23-27-11-8-12-28(38)19-27)34(20-26-9-4-3-5-10-26)37(45)40-30-13-6-7-14-30/h3-5,8-12,15-19,21-22,30,34H,6-7,13-14,20,23-24H2,1-2H3,(H,40,45)/t34-/m1/s1. The number of carbonyl (C=O) groups excluding carboxylic acids is 2. The van der Waals surface area contributed by atoms with Gasteiger partial charge in [-0.2, -0.15) is 0 Å². The van der Waals surface area contributed by atoms with Crippen LogP contribution in [0, 0.1) is 17.0 Å². The minimum Gasteiger partial charge on any atom is -0.495 e. The van der Waals surface area contributed by atoms with Gasteiger partial charge >= 0.3 is 0 Å². The number of amides is 2. The van der Waals surface area contributed by atoms with Crippen molar-refractivity contribution >= 4 is 60.7 Å². The topological polar surface area (TPSA) is 139 Å². The molecule has 14 heteroatoms. The Morgan fingerprint density at radius 3 is 2.37 bits per heavy atom. The molecule has 1 atom stereocenters. The molecule has 0 unspecified atom stereocenters. The minimum atomic E-state index is -4.67. The van der Waals surface area contributed by atoms with Crippen LogP contribution in [0.5, 0.6) is 5.75 Å². The first-order valence-electron chi connectivity index (χ1n) is 16.4. The van der Waals surface area contributed by atoms with Gasteiger partial charge in [0.25, 0.3) is 15.7 Å². The van der Waals surface area contributed by atoms with E-state index in [4.69, 9.17) is 16.3 Å². The first-order chi connectivity index (χ1) is 24.4. The molecule has 1 aliphatic carbocycles. The number of rotatable bonds is 14. The first kappa shape index (κ1) is 37.8. The Balaban J connectivity index is 1.64. The number of halogens is 2. The number of nitrogens with one attached hydrogen (secondary N) is 1. The highest BCUT2D eigenvalue weighted by Gasteiger charge is 2.37. The molecule has 0 aromatic heterocycles. The zero-order valence-electron chi connectivity index (χ0n) is 28.1. The Labute approximate surface area is 310 Å². The maximum atomic E-state index is 14.8. The molecule has 0 heterocycles. The van der Waals surface area contributed by atoms with Crippen LogP contribution in [0.1, 0.15) is 42.4 Å². The summed E-state index contributed by atoms with van der Waals surface area (Å²) < 4.78 is 36.2. The summed E-state index contributed by atoms with van der Waals surface area (Å²) in [7, 11) is -3.33. The van der Waals surface area contributed by atoms with Gasteiger partial charge in [-0.05, 0) is 67.3 Å². The van der Waals surface area contributed by atoms with Crippen molar-refractivity contribution in [3.8, 4) is 5.75 Å². The maximum absolute atomic E-state index is 14.8. The summed E-state index contributed by atoms with van der Waals surface area (Å²) in [6.45, 7) is 0.695. The molecule has 5 rings (SSSR count). The van der Waals surface area contributed by atoms with Crippen LogP contribution in [-0.2, 0) is 32.6 Å². The van der Waals surface area contributed by atoms with Crippen LogP contribution >= 0.6 is 27.5 Å². The molecule has 0 saturated heterocycles. The van der Waals surface area contributed by atoms with Gasteiger partial charge in [0.2, 0.25) is 11.8 Å². The third-order valence-electron chi connectivity index (χ3n) is 8.87. The number of methoxy groups -OCH3 is 1. The van der Waals surface area contributed by atoms with Gasteiger partial charge in [-0.25, -0.2) is 8.42 Å². The third-order valence-corrected chi connectivity index (χ3v) is 11.4. The Bertz CT molecular complexity index is 2010. The van der Waals surface area contributed by atoms with Crippen molar-refractivity contribution in [3.05, 3.63) is 127 Å². The summed E-state index contributed by atoms with van der Waals surface area (Å²) >= 11 is 9.86. The van der Waals surface area contributed by atoms with E-state index < -0.39 is 44.0 Å². The minimum absolute atomic E-state index is 0.0234. The second-order valence-corrected chi connectivity index (χ2v) is 15.6. The molecule has 51 heavy (non-hydrogen) atoms. The molecular weight excluding hydrogens is 760 g/mol. The lowest BCUT2D eigenvalue weighted by Crippen LogP contribution is -2.54. The first-order valence-corrected chi connectivity index (χ1v) is 19.0. The maximum Gasteiger partial charge on any atom is 0.273 e. The number of nitro groups is 1. The average Bonchev–Trinajstić information content (AvgIpc) is 3.62. The van der Waals surface area contributed by atoms with E-state index in [1.54, 1.807) is 0 Å². The normalized spacial score (nSPS) is 13.7. The summed E-state index contributed by atoms with van der Waals surface area (Å²) in [5.41, 5.74) is 1.32. The zero-order valence-corrected chi connectivity index (χ0v) is 31.3. The summed E-state index contributed by atoms with van der Waals surface area (Å²) in [4.78, 5) is 41.2. The largest absolute Gasteiger partial charge is 0.495 e. The van der Waals surface area contributed by atoms with Crippen molar-refractivity contribution in [2.45, 2.75) is 62.6 Å². The van der Waals surface area contributed by atoms with Crippen LogP contribution in [0.25, 0.3) is 0 Å². The molecule has 4 aromatic carbocycles. The predicted molar refractivity (Wildman–Crippen MR) is 199 cm³/mol. The molecule has 0 radical (unpaired) electrons. The summed E-state index contributed by atoms with van der Waals surface area (Å²) in [5, 5.41) is 15.1. The zero-order chi connectivity index (χ0) is 36.7. The molecule has 2 amide bonds. The fraction of sp³-hybridized carbons (Fsp3) is 0.297. The van der Waals surface area contributed by atoms with E-state index in [0.717, 1.165) is 46.1 Å².